The second-order valence-electron chi connectivity index (χ2n) is 3.07. The zero-order chi connectivity index (χ0) is 12.1. The number of rotatable bonds is 6. The topological polar surface area (TPSA) is 74.6 Å². The van der Waals surface area contributed by atoms with Crippen LogP contribution < -0.4 is 0 Å². The summed E-state index contributed by atoms with van der Waals surface area (Å²) in [6.07, 6.45) is 8.12. The van der Waals surface area contributed by atoms with Crippen LogP contribution in [-0.4, -0.2) is 22.2 Å². The summed E-state index contributed by atoms with van der Waals surface area (Å²) >= 11 is 0. The molecule has 0 unspecified atom stereocenters. The van der Waals surface area contributed by atoms with E-state index in [-0.39, 0.29) is 0 Å². The first-order valence-corrected chi connectivity index (χ1v) is 5.18. The highest BCUT2D eigenvalue weighted by molar-refractivity contribution is 5.89. The zero-order valence-corrected chi connectivity index (χ0v) is 9.40. The predicted octanol–water partition coefficient (Wildman–Crippen LogP) is 2.69. The lowest BCUT2D eigenvalue weighted by atomic mass is 10.2. The number of hydrogen-bond donors (Lipinski definition) is 2. The average Bonchev–Trinajstić information content (AvgIpc) is 2.17. The molecule has 0 amide bonds. The average molecular weight is 216 g/mol. The molecule has 0 rings (SSSR count). The van der Waals surface area contributed by atoms with Gasteiger partial charge in [-0.2, -0.15) is 0 Å². The van der Waals surface area contributed by atoms with Crippen molar-refractivity contribution in [2.45, 2.75) is 46.0 Å². The van der Waals surface area contributed by atoms with Crippen molar-refractivity contribution in [3.63, 3.8) is 0 Å². The van der Waals surface area contributed by atoms with Gasteiger partial charge in [0.05, 0.1) is 0 Å². The van der Waals surface area contributed by atoms with Crippen molar-refractivity contribution in [2.24, 2.45) is 0 Å². The molecule has 2 N–H and O–H groups in total. The van der Waals surface area contributed by atoms with Gasteiger partial charge in [0.15, 0.2) is 0 Å². The van der Waals surface area contributed by atoms with Crippen LogP contribution in [0.25, 0.3) is 0 Å². The molecule has 4 nitrogen and oxygen atoms in total. The van der Waals surface area contributed by atoms with Crippen LogP contribution in [-0.2, 0) is 9.59 Å². The fourth-order valence-corrected chi connectivity index (χ4v) is 0.819. The van der Waals surface area contributed by atoms with E-state index in [2.05, 4.69) is 13.8 Å². The third-order valence-electron chi connectivity index (χ3n) is 1.58. The van der Waals surface area contributed by atoms with E-state index in [9.17, 15) is 9.59 Å². The molecule has 0 atom stereocenters. The first-order chi connectivity index (χ1) is 7.04. The minimum Gasteiger partial charge on any atom is -0.478 e. The minimum atomic E-state index is -1.26. The number of unbranched alkanes of at least 4 members (excludes halogenated alkanes) is 4. The number of aliphatic carboxylic acids is 2. The molecule has 0 aromatic carbocycles. The standard InChI is InChI=1S/C7H16.C4H4O4/c1-3-5-7-6-4-2;5-3(6)1-2-4(7)8/h3-7H2,1-2H3;1-2H,(H,5,6)(H,7,8)/b;2-1+. The Balaban J connectivity index is 0. The van der Waals surface area contributed by atoms with Crippen molar-refractivity contribution in [1.29, 1.82) is 0 Å². The van der Waals surface area contributed by atoms with Gasteiger partial charge in [-0.05, 0) is 0 Å². The number of carboxylic acid groups (broad SMARTS) is 2. The van der Waals surface area contributed by atoms with E-state index in [1.54, 1.807) is 0 Å². The molecule has 0 aromatic heterocycles. The molecule has 0 fully saturated rings. The molecule has 0 aromatic rings. The molecule has 0 aliphatic carbocycles. The fourth-order valence-electron chi connectivity index (χ4n) is 0.819. The van der Waals surface area contributed by atoms with E-state index >= 15 is 0 Å². The Morgan fingerprint density at radius 3 is 1.40 bits per heavy atom. The third kappa shape index (κ3) is 24.5. The highest BCUT2D eigenvalue weighted by Crippen LogP contribution is 2.00. The summed E-state index contributed by atoms with van der Waals surface area (Å²) in [5.41, 5.74) is 0. The summed E-state index contributed by atoms with van der Waals surface area (Å²) in [6.45, 7) is 4.49. The minimum absolute atomic E-state index is 0.558. The molecule has 88 valence electrons. The maximum absolute atomic E-state index is 9.55. The van der Waals surface area contributed by atoms with Gasteiger partial charge < -0.3 is 10.2 Å². The maximum atomic E-state index is 9.55. The van der Waals surface area contributed by atoms with Gasteiger partial charge in [-0.15, -0.1) is 0 Å². The lowest BCUT2D eigenvalue weighted by Gasteiger charge is -1.90. The van der Waals surface area contributed by atoms with Crippen molar-refractivity contribution < 1.29 is 19.8 Å². The van der Waals surface area contributed by atoms with Gasteiger partial charge in [-0.1, -0.05) is 46.0 Å². The lowest BCUT2D eigenvalue weighted by Crippen LogP contribution is -1.91. The molecule has 4 heteroatoms. The quantitative estimate of drug-likeness (QED) is 0.528. The molecule has 0 saturated carbocycles. The molecular formula is C11H20O4. The Kier molecular flexibility index (Phi) is 13.6. The first-order valence-electron chi connectivity index (χ1n) is 5.18. The van der Waals surface area contributed by atoms with Crippen LogP contribution in [0.2, 0.25) is 0 Å². The highest BCUT2D eigenvalue weighted by Gasteiger charge is 1.88. The normalized spacial score (nSPS) is 9.47. The van der Waals surface area contributed by atoms with E-state index in [0.29, 0.717) is 12.2 Å². The second kappa shape index (κ2) is 12.7. The molecule has 0 aliphatic rings. The smallest absolute Gasteiger partial charge is 0.328 e. The monoisotopic (exact) mass is 216 g/mol. The van der Waals surface area contributed by atoms with Gasteiger partial charge in [0.25, 0.3) is 0 Å². The van der Waals surface area contributed by atoms with E-state index in [1.807, 2.05) is 0 Å². The maximum Gasteiger partial charge on any atom is 0.328 e. The summed E-state index contributed by atoms with van der Waals surface area (Å²) < 4.78 is 0. The molecule has 15 heavy (non-hydrogen) atoms. The molecule has 0 bridgehead atoms. The van der Waals surface area contributed by atoms with Crippen molar-refractivity contribution in [1.82, 2.24) is 0 Å². The third-order valence-corrected chi connectivity index (χ3v) is 1.58. The lowest BCUT2D eigenvalue weighted by molar-refractivity contribution is -0.134. The molecular weight excluding hydrogens is 196 g/mol. The van der Waals surface area contributed by atoms with Crippen LogP contribution in [0, 0.1) is 0 Å². The summed E-state index contributed by atoms with van der Waals surface area (Å²) in [6, 6.07) is 0. The summed E-state index contributed by atoms with van der Waals surface area (Å²) in [5, 5.41) is 15.6. The van der Waals surface area contributed by atoms with Gasteiger partial charge in [0, 0.05) is 12.2 Å². The van der Waals surface area contributed by atoms with Gasteiger partial charge >= 0.3 is 11.9 Å². The van der Waals surface area contributed by atoms with Gasteiger partial charge in [-0.3, -0.25) is 0 Å². The first kappa shape index (κ1) is 16.1. The van der Waals surface area contributed by atoms with Gasteiger partial charge in [0.1, 0.15) is 0 Å². The van der Waals surface area contributed by atoms with Crippen LogP contribution in [0.5, 0.6) is 0 Å². The Morgan fingerprint density at radius 1 is 0.867 bits per heavy atom. The van der Waals surface area contributed by atoms with Crippen LogP contribution >= 0.6 is 0 Å². The van der Waals surface area contributed by atoms with Crippen molar-refractivity contribution in [3.05, 3.63) is 12.2 Å². The van der Waals surface area contributed by atoms with E-state index in [0.717, 1.165) is 0 Å². The van der Waals surface area contributed by atoms with Crippen LogP contribution in [0.1, 0.15) is 46.0 Å². The van der Waals surface area contributed by atoms with Crippen LogP contribution in [0.3, 0.4) is 0 Å². The zero-order valence-electron chi connectivity index (χ0n) is 9.40. The Morgan fingerprint density at radius 2 is 1.20 bits per heavy atom. The van der Waals surface area contributed by atoms with E-state index in [4.69, 9.17) is 10.2 Å². The molecule has 0 radical (unpaired) electrons. The summed E-state index contributed by atoms with van der Waals surface area (Å²) in [7, 11) is 0. The van der Waals surface area contributed by atoms with Crippen LogP contribution in [0.15, 0.2) is 12.2 Å². The second-order valence-corrected chi connectivity index (χ2v) is 3.07. The Labute approximate surface area is 90.6 Å². The van der Waals surface area contributed by atoms with Crippen molar-refractivity contribution >= 4 is 11.9 Å². The molecule has 0 heterocycles. The summed E-state index contributed by atoms with van der Waals surface area (Å²) in [4.78, 5) is 19.1. The molecule has 0 saturated heterocycles. The predicted molar refractivity (Wildman–Crippen MR) is 58.8 cm³/mol. The molecule has 0 spiro atoms. The SMILES string of the molecule is CCCCCCC.O=C(O)/C=C/C(=O)O. The summed E-state index contributed by atoms with van der Waals surface area (Å²) in [5.74, 6) is -2.51. The van der Waals surface area contributed by atoms with Gasteiger partial charge in [0.2, 0.25) is 0 Å². The molecule has 0 aliphatic heterocycles. The number of carbonyl (C=O) groups is 2. The van der Waals surface area contributed by atoms with Gasteiger partial charge in [-0.25, -0.2) is 9.59 Å². The van der Waals surface area contributed by atoms with Crippen molar-refractivity contribution in [3.8, 4) is 0 Å². The van der Waals surface area contributed by atoms with E-state index in [1.165, 1.54) is 32.1 Å². The Bertz CT molecular complexity index is 177. The Hall–Kier alpha value is -1.32. The van der Waals surface area contributed by atoms with E-state index < -0.39 is 11.9 Å². The highest BCUT2D eigenvalue weighted by atomic mass is 16.4. The fraction of sp³-hybridized carbons (Fsp3) is 0.636. The van der Waals surface area contributed by atoms with Crippen LogP contribution in [0.4, 0.5) is 0 Å². The number of hydrogen-bond acceptors (Lipinski definition) is 2. The van der Waals surface area contributed by atoms with Crippen molar-refractivity contribution in [2.75, 3.05) is 0 Å². The number of carboxylic acids is 2. The largest absolute Gasteiger partial charge is 0.478 e.